The molecule has 0 saturated carbocycles. The van der Waals surface area contributed by atoms with Gasteiger partial charge in [0.2, 0.25) is 5.76 Å². The number of hydrogen-bond acceptors (Lipinski definition) is 3. The van der Waals surface area contributed by atoms with Crippen LogP contribution < -0.4 is 32.9 Å². The van der Waals surface area contributed by atoms with Crippen LogP contribution in [0.4, 0.5) is 0 Å². The summed E-state index contributed by atoms with van der Waals surface area (Å²) in [6.07, 6.45) is 0.683. The van der Waals surface area contributed by atoms with Gasteiger partial charge in [-0.25, -0.2) is 4.79 Å². The van der Waals surface area contributed by atoms with Crippen molar-refractivity contribution < 1.29 is 30.9 Å². The van der Waals surface area contributed by atoms with E-state index in [1.54, 1.807) is 6.07 Å². The van der Waals surface area contributed by atoms with Crippen molar-refractivity contribution in [2.75, 3.05) is 7.11 Å². The minimum atomic E-state index is -2.05. The number of furan rings is 1. The van der Waals surface area contributed by atoms with E-state index in [0.29, 0.717) is 6.16 Å². The molecule has 5 heteroatoms. The highest BCUT2D eigenvalue weighted by molar-refractivity contribution is 7.95. The minimum Gasteiger partial charge on any atom is -1.00 e. The van der Waals surface area contributed by atoms with Gasteiger partial charge < -0.3 is 26.1 Å². The first kappa shape index (κ1) is 22.0. The van der Waals surface area contributed by atoms with Crippen molar-refractivity contribution in [3.8, 4) is 0 Å². The van der Waals surface area contributed by atoms with Crippen LogP contribution in [0.2, 0.25) is 0 Å². The lowest BCUT2D eigenvalue weighted by atomic mass is 10.4. The fraction of sp³-hybridized carbons (Fsp3) is 0.0800. The van der Waals surface area contributed by atoms with E-state index in [4.69, 9.17) is 9.15 Å². The standard InChI is InChI=1S/C25H22O3P.BrH/c1-27-25(26)24-18-17-20(28-24)19-29(21-11-5-2-6-12-21,22-13-7-3-8-14-22)23-15-9-4-10-16-23;/h2-18H,19H2,1H3;1H/q+1;/p-1. The minimum absolute atomic E-state index is 0. The molecule has 0 atom stereocenters. The highest BCUT2D eigenvalue weighted by Crippen LogP contribution is 2.58. The summed E-state index contributed by atoms with van der Waals surface area (Å²) in [6, 6.07) is 35.3. The number of benzene rings is 3. The van der Waals surface area contributed by atoms with Crippen LogP contribution in [0.25, 0.3) is 0 Å². The maximum absolute atomic E-state index is 11.9. The number of hydrogen-bond donors (Lipinski definition) is 0. The van der Waals surface area contributed by atoms with Crippen LogP contribution in [0.3, 0.4) is 0 Å². The molecular formula is C25H22BrO3P. The molecule has 0 bridgehead atoms. The smallest absolute Gasteiger partial charge is 0.373 e. The van der Waals surface area contributed by atoms with Gasteiger partial charge in [-0.15, -0.1) is 0 Å². The Bertz CT molecular complexity index is 982. The van der Waals surface area contributed by atoms with Gasteiger partial charge in [-0.3, -0.25) is 0 Å². The number of rotatable bonds is 6. The van der Waals surface area contributed by atoms with Crippen LogP contribution in [0, 0.1) is 0 Å². The zero-order chi connectivity index (χ0) is 20.1. The van der Waals surface area contributed by atoms with Gasteiger partial charge >= 0.3 is 5.97 Å². The molecule has 4 rings (SSSR count). The van der Waals surface area contributed by atoms with Gasteiger partial charge in [0.1, 0.15) is 35.1 Å². The molecule has 0 unspecified atom stereocenters. The normalized spacial score (nSPS) is 10.8. The first-order valence-electron chi connectivity index (χ1n) is 9.46. The van der Waals surface area contributed by atoms with Gasteiger partial charge in [0.15, 0.2) is 0 Å². The Hall–Kier alpha value is -2.68. The zero-order valence-corrected chi connectivity index (χ0v) is 19.1. The van der Waals surface area contributed by atoms with Crippen molar-refractivity contribution in [2.45, 2.75) is 6.16 Å². The lowest BCUT2D eigenvalue weighted by Gasteiger charge is -2.26. The Kier molecular flexibility index (Phi) is 7.25. The first-order valence-corrected chi connectivity index (χ1v) is 11.4. The van der Waals surface area contributed by atoms with Crippen molar-refractivity contribution in [3.05, 3.63) is 115 Å². The number of esters is 1. The van der Waals surface area contributed by atoms with Gasteiger partial charge in [0.25, 0.3) is 0 Å². The Morgan fingerprint density at radius 3 is 1.57 bits per heavy atom. The highest BCUT2D eigenvalue weighted by Gasteiger charge is 2.46. The fourth-order valence-corrected chi connectivity index (χ4v) is 7.80. The molecule has 0 spiro atoms. The Balaban J connectivity index is 0.00000256. The molecule has 0 N–H and O–H groups in total. The largest absolute Gasteiger partial charge is 1.00 e. The molecule has 0 saturated heterocycles. The summed E-state index contributed by atoms with van der Waals surface area (Å²) in [6.45, 7) is 0. The molecule has 1 heterocycles. The summed E-state index contributed by atoms with van der Waals surface area (Å²) >= 11 is 0. The molecule has 0 fully saturated rings. The third-order valence-electron chi connectivity index (χ3n) is 5.03. The van der Waals surface area contributed by atoms with Crippen molar-refractivity contribution in [2.24, 2.45) is 0 Å². The lowest BCUT2D eigenvalue weighted by molar-refractivity contribution is -0.0000202. The molecule has 0 aliphatic heterocycles. The van der Waals surface area contributed by atoms with Crippen molar-refractivity contribution in [1.29, 1.82) is 0 Å². The van der Waals surface area contributed by atoms with Crippen molar-refractivity contribution in [3.63, 3.8) is 0 Å². The van der Waals surface area contributed by atoms with Crippen molar-refractivity contribution in [1.82, 2.24) is 0 Å². The third-order valence-corrected chi connectivity index (χ3v) is 9.36. The monoisotopic (exact) mass is 480 g/mol. The first-order chi connectivity index (χ1) is 14.2. The van der Waals surface area contributed by atoms with Crippen LogP contribution in [0.15, 0.2) is 108 Å². The van der Waals surface area contributed by atoms with Gasteiger partial charge in [0, 0.05) is 0 Å². The molecule has 30 heavy (non-hydrogen) atoms. The highest BCUT2D eigenvalue weighted by atomic mass is 79.9. The van der Waals surface area contributed by atoms with Crippen molar-refractivity contribution >= 4 is 29.1 Å². The summed E-state index contributed by atoms with van der Waals surface area (Å²) in [5.41, 5.74) is 0. The number of halogens is 1. The average Bonchev–Trinajstić information content (AvgIpc) is 3.27. The molecule has 3 aromatic carbocycles. The van der Waals surface area contributed by atoms with E-state index in [1.165, 1.54) is 23.0 Å². The zero-order valence-electron chi connectivity index (χ0n) is 16.6. The maximum atomic E-state index is 11.9. The number of carbonyl (C=O) groups is 1. The Morgan fingerprint density at radius 2 is 1.17 bits per heavy atom. The van der Waals surface area contributed by atoms with E-state index in [0.717, 1.165) is 5.76 Å². The number of ether oxygens (including phenoxy) is 1. The molecule has 4 aromatic rings. The Labute approximate surface area is 187 Å². The van der Waals surface area contributed by atoms with Crippen LogP contribution >= 0.6 is 7.26 Å². The molecule has 3 nitrogen and oxygen atoms in total. The molecule has 0 radical (unpaired) electrons. The average molecular weight is 481 g/mol. The fourth-order valence-electron chi connectivity index (χ4n) is 3.68. The summed E-state index contributed by atoms with van der Waals surface area (Å²) in [4.78, 5) is 11.9. The second-order valence-corrected chi connectivity index (χ2v) is 10.2. The van der Waals surface area contributed by atoms with Gasteiger partial charge in [-0.2, -0.15) is 0 Å². The van der Waals surface area contributed by atoms with E-state index in [-0.39, 0.29) is 22.7 Å². The second-order valence-electron chi connectivity index (χ2n) is 6.73. The van der Waals surface area contributed by atoms with Gasteiger partial charge in [0.05, 0.1) is 7.11 Å². The SMILES string of the molecule is COC(=O)c1ccc(C[P+](c2ccccc2)(c2ccccc2)c2ccccc2)o1.[Br-]. The van der Waals surface area contributed by atoms with E-state index in [1.807, 2.05) is 24.3 Å². The molecule has 1 aromatic heterocycles. The third kappa shape index (κ3) is 4.26. The van der Waals surface area contributed by atoms with Crippen LogP contribution in [-0.2, 0) is 10.9 Å². The van der Waals surface area contributed by atoms with Crippen LogP contribution in [0.5, 0.6) is 0 Å². The summed E-state index contributed by atoms with van der Waals surface area (Å²) in [5, 5.41) is 3.82. The number of methoxy groups -OCH3 is 1. The van der Waals surface area contributed by atoms with E-state index >= 15 is 0 Å². The topological polar surface area (TPSA) is 39.4 Å². The molecule has 0 aliphatic carbocycles. The van der Waals surface area contributed by atoms with Crippen LogP contribution in [-0.4, -0.2) is 13.1 Å². The maximum Gasteiger partial charge on any atom is 0.373 e. The molecule has 152 valence electrons. The summed E-state index contributed by atoms with van der Waals surface area (Å²) < 4.78 is 10.7. The van der Waals surface area contributed by atoms with E-state index < -0.39 is 13.2 Å². The number of carbonyl (C=O) groups excluding carboxylic acids is 1. The van der Waals surface area contributed by atoms with Crippen LogP contribution in [0.1, 0.15) is 16.3 Å². The molecule has 0 amide bonds. The van der Waals surface area contributed by atoms with Gasteiger partial charge in [-0.1, -0.05) is 54.6 Å². The summed E-state index contributed by atoms with van der Waals surface area (Å²) in [7, 11) is -0.686. The quantitative estimate of drug-likeness (QED) is 0.310. The van der Waals surface area contributed by atoms with E-state index in [2.05, 4.69) is 72.8 Å². The summed E-state index contributed by atoms with van der Waals surface area (Å²) in [5.74, 6) is 0.546. The lowest BCUT2D eigenvalue weighted by Crippen LogP contribution is -3.00. The van der Waals surface area contributed by atoms with Gasteiger partial charge in [-0.05, 0) is 48.5 Å². The van der Waals surface area contributed by atoms with E-state index in [9.17, 15) is 4.79 Å². The predicted molar refractivity (Wildman–Crippen MR) is 119 cm³/mol. The molecule has 0 aliphatic rings. The predicted octanol–water partition coefficient (Wildman–Crippen LogP) is 1.56. The second kappa shape index (κ2) is 9.88. The molecular weight excluding hydrogens is 459 g/mol. The Morgan fingerprint density at radius 1 is 0.733 bits per heavy atom.